The van der Waals surface area contributed by atoms with Gasteiger partial charge in [0.25, 0.3) is 0 Å². The van der Waals surface area contributed by atoms with E-state index < -0.39 is 284 Å². The first-order valence-corrected chi connectivity index (χ1v) is 41.4. The monoisotopic (exact) mass is 1810 g/mol. The summed E-state index contributed by atoms with van der Waals surface area (Å²) in [7, 11) is 0. The number of aliphatic hydroxyl groups is 3. The van der Waals surface area contributed by atoms with Crippen molar-refractivity contribution in [3.8, 4) is 5.75 Å². The topological polar surface area (TPSA) is 780 Å². The molecule has 708 valence electrons. The van der Waals surface area contributed by atoms with Gasteiger partial charge in [-0.2, -0.15) is 0 Å². The molecule has 2 aromatic rings. The molecule has 48 nitrogen and oxygen atoms in total. The zero-order valence-electron chi connectivity index (χ0n) is 72.0. The highest BCUT2D eigenvalue weighted by Gasteiger charge is 2.45. The summed E-state index contributed by atoms with van der Waals surface area (Å²) in [5.41, 5.74) is 17.3. The Balaban J connectivity index is 1.50. The fourth-order valence-corrected chi connectivity index (χ4v) is 13.7. The normalized spacial score (nSPS) is 17.1. The number of phenolic OH excluding ortho intramolecular Hbond substituents is 1. The lowest BCUT2D eigenvalue weighted by Crippen LogP contribution is -2.63. The Morgan fingerprint density at radius 2 is 0.828 bits per heavy atom. The number of nitrogens with one attached hydrogen (secondary N) is 15. The smallest absolute Gasteiger partial charge is 0.326 e. The number of hydrogen-bond donors (Lipinski definition) is 26. The minimum atomic E-state index is -2.13. The second-order valence-corrected chi connectivity index (χ2v) is 32.1. The van der Waals surface area contributed by atoms with Crippen molar-refractivity contribution in [2.24, 2.45) is 35.0 Å². The average molecular weight is 1810 g/mol. The lowest BCUT2D eigenvalue weighted by Gasteiger charge is -2.32. The summed E-state index contributed by atoms with van der Waals surface area (Å²) in [4.78, 5) is 273. The number of likely N-dealkylation sites (tertiary alicyclic amines) is 2. The number of amides is 16. The highest BCUT2D eigenvalue weighted by Crippen LogP contribution is 2.24. The lowest BCUT2D eigenvalue weighted by molar-refractivity contribution is -0.145. The van der Waals surface area contributed by atoms with Gasteiger partial charge in [-0.05, 0) is 106 Å². The van der Waals surface area contributed by atoms with Gasteiger partial charge in [0.15, 0.2) is 5.96 Å². The third-order valence-electron chi connectivity index (χ3n) is 20.5. The first-order chi connectivity index (χ1) is 60.1. The molecule has 0 saturated carbocycles. The number of carbonyl (C=O) groups excluding carboxylic acids is 16. The molecule has 0 spiro atoms. The number of guanidine groups is 1. The Morgan fingerprint density at radius 3 is 1.30 bits per heavy atom. The van der Waals surface area contributed by atoms with Gasteiger partial charge in [0, 0.05) is 38.9 Å². The SMILES string of the molecule is CC(C)C[C@H](NC(=O)[C@@H](NC(=O)[C@H](C)NC(=O)[C@H](CCC(N)=O)NC(=O)[C@H](CO)NC(=O)[C@@H](NC(=O)[C@H](CO)NC(=O)[C@@H](NC(=O)[C@@H](N)CC(=O)O)C(C)C)[C@@H](C)O)C(C)C)C(=O)N1CCC[C@H]1C(=O)N[C@@H](CC(=O)O)C(=O)N[C@@H](CC(=O)O)C(=O)N[C@@H](Cc1ccccc1)C(=O)N1CCC[C@H]1C(=O)N[C@@H](CCCNC(=N)N)C(=O)N[C@@H](Cc1ccc(O)cc1)C(=O)O. The summed E-state index contributed by atoms with van der Waals surface area (Å²) in [5, 5.41) is 120. The van der Waals surface area contributed by atoms with E-state index in [9.17, 15) is 132 Å². The number of carbonyl (C=O) groups is 20. The van der Waals surface area contributed by atoms with Crippen LogP contribution in [-0.4, -0.2) is 311 Å². The standard InChI is InChI=1S/C80H120N20O28/c1-37(2)29-50(92-74(122)61(38(3)4)96-64(112)40(7)86-66(114)47(24-25-57(82)105)87-70(118)53(35-101)95-76(124)63(41(8)103)98-71(119)54(36-102)94-75(123)62(39(5)6)97-65(113)45(81)32-58(106)107)77(125)99-27-14-19-56(99)73(121)90-49(34-60(110)111)68(116)89-48(33-59(108)109)69(117)91-51(30-42-15-10-9-11-16-42)78(126)100-28-13-18-55(100)72(120)88-46(17-12-26-85-80(83)84)67(115)93-52(79(127)128)31-43-20-22-44(104)23-21-43/h9-11,15-16,20-23,37-41,45-56,61-63,101-104H,12-14,17-19,24-36,81H2,1-8H3,(H2,82,105)(H,86,114)(H,87,118)(H,88,120)(H,89,116)(H,90,121)(H,91,117)(H,92,122)(H,93,115)(H,94,123)(H,95,124)(H,96,112)(H,97,113)(H,98,119)(H,106,107)(H,108,109)(H,110,111)(H,127,128)(H4,83,84,85)/t40-,41+,45-,46-,47-,48-,49-,50-,51-,52-,53-,54-,55-,56-,61-,62-,63-/m0/s1. The molecule has 2 aliphatic heterocycles. The van der Waals surface area contributed by atoms with Crippen LogP contribution in [0, 0.1) is 23.2 Å². The molecule has 2 aliphatic rings. The number of primary amides is 1. The maximum atomic E-state index is 14.9. The Hall–Kier alpha value is -13.3. The van der Waals surface area contributed by atoms with Crippen molar-refractivity contribution in [1.82, 2.24) is 84.2 Å². The van der Waals surface area contributed by atoms with E-state index in [0.29, 0.717) is 11.1 Å². The average Bonchev–Trinajstić information content (AvgIpc) is 1.63. The van der Waals surface area contributed by atoms with Gasteiger partial charge in [-0.15, -0.1) is 0 Å². The number of phenols is 1. The van der Waals surface area contributed by atoms with Crippen molar-refractivity contribution in [2.45, 2.75) is 248 Å². The number of rotatable bonds is 53. The molecule has 17 atom stereocenters. The molecule has 0 bridgehead atoms. The summed E-state index contributed by atoms with van der Waals surface area (Å²) >= 11 is 0. The number of aliphatic carboxylic acids is 4. The second-order valence-electron chi connectivity index (χ2n) is 32.1. The van der Waals surface area contributed by atoms with Gasteiger partial charge in [-0.1, -0.05) is 84.0 Å². The number of aliphatic hydroxyl groups excluding tert-OH is 3. The Labute approximate surface area is 735 Å². The van der Waals surface area contributed by atoms with Crippen LogP contribution in [-0.2, 0) is 109 Å². The van der Waals surface area contributed by atoms with Crippen molar-refractivity contribution in [3.63, 3.8) is 0 Å². The largest absolute Gasteiger partial charge is 0.508 e. The van der Waals surface area contributed by atoms with E-state index >= 15 is 0 Å². The molecule has 2 fully saturated rings. The van der Waals surface area contributed by atoms with Crippen molar-refractivity contribution in [1.29, 1.82) is 5.41 Å². The molecule has 48 heteroatoms. The Kier molecular flexibility index (Phi) is 43.5. The fourth-order valence-electron chi connectivity index (χ4n) is 13.7. The first kappa shape index (κ1) is 107. The molecular formula is C80H120N20O28. The molecule has 29 N–H and O–H groups in total. The minimum Gasteiger partial charge on any atom is -0.508 e. The second kappa shape index (κ2) is 52.0. The van der Waals surface area contributed by atoms with E-state index in [1.54, 1.807) is 44.2 Å². The maximum absolute atomic E-state index is 14.9. The van der Waals surface area contributed by atoms with Crippen LogP contribution in [0.5, 0.6) is 5.75 Å². The zero-order valence-corrected chi connectivity index (χ0v) is 72.0. The van der Waals surface area contributed by atoms with Gasteiger partial charge in [0.1, 0.15) is 96.4 Å². The zero-order chi connectivity index (χ0) is 96.3. The van der Waals surface area contributed by atoms with Crippen LogP contribution in [0.3, 0.4) is 0 Å². The van der Waals surface area contributed by atoms with Crippen LogP contribution in [0.4, 0.5) is 0 Å². The van der Waals surface area contributed by atoms with Gasteiger partial charge in [-0.3, -0.25) is 96.5 Å². The number of hydrogen-bond acceptors (Lipinski definition) is 26. The number of nitrogens with zero attached hydrogens (tertiary/aromatic N) is 2. The molecule has 2 aromatic carbocycles. The molecule has 0 aliphatic carbocycles. The third-order valence-corrected chi connectivity index (χ3v) is 20.5. The van der Waals surface area contributed by atoms with E-state index in [4.69, 9.17) is 27.7 Å². The molecule has 16 amide bonds. The number of carboxylic acids is 4. The molecule has 0 aromatic heterocycles. The predicted molar refractivity (Wildman–Crippen MR) is 447 cm³/mol. The lowest BCUT2D eigenvalue weighted by atomic mass is 9.99. The number of benzene rings is 2. The highest BCUT2D eigenvalue weighted by atomic mass is 16.4. The highest BCUT2D eigenvalue weighted by molar-refractivity contribution is 6.02. The van der Waals surface area contributed by atoms with E-state index in [2.05, 4.69) is 74.4 Å². The van der Waals surface area contributed by atoms with Crippen LogP contribution in [0.15, 0.2) is 54.6 Å². The van der Waals surface area contributed by atoms with E-state index in [1.165, 1.54) is 52.0 Å². The number of aromatic hydroxyl groups is 1. The summed E-state index contributed by atoms with van der Waals surface area (Å²) < 4.78 is 0. The first-order valence-electron chi connectivity index (χ1n) is 41.4. The third kappa shape index (κ3) is 34.9. The molecule has 2 heterocycles. The van der Waals surface area contributed by atoms with Crippen LogP contribution in [0.1, 0.15) is 144 Å². The van der Waals surface area contributed by atoms with Crippen LogP contribution >= 0.6 is 0 Å². The molecule has 4 rings (SSSR count). The van der Waals surface area contributed by atoms with Gasteiger partial charge < -0.3 is 142 Å². The molecule has 2 saturated heterocycles. The van der Waals surface area contributed by atoms with Crippen molar-refractivity contribution in [3.05, 3.63) is 65.7 Å². The van der Waals surface area contributed by atoms with Crippen LogP contribution < -0.4 is 91.6 Å². The van der Waals surface area contributed by atoms with E-state index in [0.717, 1.165) is 23.6 Å². The van der Waals surface area contributed by atoms with Crippen molar-refractivity contribution < 1.29 is 137 Å². The van der Waals surface area contributed by atoms with Gasteiger partial charge in [-0.25, -0.2) is 4.79 Å². The quantitative estimate of drug-likeness (QED) is 0.0166. The number of carboxylic acid groups (broad SMARTS) is 4. The summed E-state index contributed by atoms with van der Waals surface area (Å²) in [6.07, 6.45) is -6.71. The molecular weight excluding hydrogens is 1690 g/mol. The van der Waals surface area contributed by atoms with Crippen molar-refractivity contribution in [2.75, 3.05) is 32.8 Å². The van der Waals surface area contributed by atoms with Crippen LogP contribution in [0.2, 0.25) is 0 Å². The van der Waals surface area contributed by atoms with E-state index in [-0.39, 0.29) is 89.1 Å². The van der Waals surface area contributed by atoms with Gasteiger partial charge in [0.2, 0.25) is 94.5 Å². The fraction of sp³-hybridized carbons (Fsp3) is 0.588. The molecule has 0 unspecified atom stereocenters. The van der Waals surface area contributed by atoms with E-state index in [1.807, 2.05) is 0 Å². The van der Waals surface area contributed by atoms with Crippen molar-refractivity contribution >= 4 is 124 Å². The maximum Gasteiger partial charge on any atom is 0.326 e. The minimum absolute atomic E-state index is 0.000507. The molecule has 128 heavy (non-hydrogen) atoms. The van der Waals surface area contributed by atoms with Gasteiger partial charge >= 0.3 is 23.9 Å². The van der Waals surface area contributed by atoms with Crippen LogP contribution in [0.25, 0.3) is 0 Å². The summed E-state index contributed by atoms with van der Waals surface area (Å²) in [6, 6.07) is -13.5. The Bertz CT molecular complexity index is 4290. The molecule has 0 radical (unpaired) electrons. The summed E-state index contributed by atoms with van der Waals surface area (Å²) in [5.74, 6) is -26.4. The van der Waals surface area contributed by atoms with Gasteiger partial charge in [0.05, 0.1) is 44.6 Å². The summed E-state index contributed by atoms with van der Waals surface area (Å²) in [6.45, 7) is 8.86. The predicted octanol–water partition coefficient (Wildman–Crippen LogP) is -8.43. The Morgan fingerprint density at radius 1 is 0.438 bits per heavy atom. The number of nitrogens with two attached hydrogens (primary N) is 3.